The van der Waals surface area contributed by atoms with Gasteiger partial charge in [0, 0.05) is 22.2 Å². The van der Waals surface area contributed by atoms with E-state index in [1.165, 1.54) is 0 Å². The Kier molecular flexibility index (Phi) is 7.93. The lowest BCUT2D eigenvalue weighted by molar-refractivity contribution is -0.0186. The van der Waals surface area contributed by atoms with Gasteiger partial charge in [-0.15, -0.1) is 11.8 Å². The lowest BCUT2D eigenvalue weighted by Crippen LogP contribution is -2.46. The third kappa shape index (κ3) is 5.56. The summed E-state index contributed by atoms with van der Waals surface area (Å²) in [6.45, 7) is 2.40. The van der Waals surface area contributed by atoms with Gasteiger partial charge in [0.05, 0.1) is 6.10 Å². The van der Waals surface area contributed by atoms with Crippen molar-refractivity contribution in [2.75, 3.05) is 25.4 Å². The van der Waals surface area contributed by atoms with Crippen LogP contribution in [0.1, 0.15) is 24.0 Å². The second-order valence-corrected chi connectivity index (χ2v) is 10.0. The first-order valence-electron chi connectivity index (χ1n) is 11.2. The number of thioether (sulfide) groups is 1. The Morgan fingerprint density at radius 3 is 1.94 bits per heavy atom. The van der Waals surface area contributed by atoms with E-state index >= 15 is 0 Å². The van der Waals surface area contributed by atoms with Gasteiger partial charge in [0.1, 0.15) is 5.60 Å². The van der Waals surface area contributed by atoms with Gasteiger partial charge in [-0.25, -0.2) is 0 Å². The molecule has 3 aromatic carbocycles. The van der Waals surface area contributed by atoms with Gasteiger partial charge in [0.15, 0.2) is 0 Å². The molecule has 1 fully saturated rings. The summed E-state index contributed by atoms with van der Waals surface area (Å²) in [7, 11) is 0. The molecular formula is C27H30ClNO2S. The molecule has 3 nitrogen and oxygen atoms in total. The molecule has 1 aliphatic heterocycles. The number of β-amino-alcohol motifs (C(OH)–C–C–N with tert-alkyl or cyclic N) is 1. The third-order valence-electron chi connectivity index (χ3n) is 6.33. The van der Waals surface area contributed by atoms with Crippen molar-refractivity contribution in [3.05, 3.63) is 101 Å². The molecule has 4 rings (SSSR count). The first-order chi connectivity index (χ1) is 15.6. The van der Waals surface area contributed by atoms with Gasteiger partial charge in [-0.2, -0.15) is 0 Å². The summed E-state index contributed by atoms with van der Waals surface area (Å²) in [5.41, 5.74) is 0.894. The average Bonchev–Trinajstić information content (AvgIpc) is 2.85. The molecule has 1 atom stereocenters. The summed E-state index contributed by atoms with van der Waals surface area (Å²) in [6, 6.07) is 27.8. The number of aliphatic hydroxyl groups excluding tert-OH is 1. The maximum Gasteiger partial charge on any atom is 0.117 e. The minimum Gasteiger partial charge on any atom is -0.391 e. The summed E-state index contributed by atoms with van der Waals surface area (Å²) < 4.78 is 0. The number of likely N-dealkylation sites (tertiary alicyclic amines) is 1. The minimum atomic E-state index is -1.00. The zero-order chi connectivity index (χ0) is 22.4. The second kappa shape index (κ2) is 10.9. The number of rotatable bonds is 8. The highest BCUT2D eigenvalue weighted by Crippen LogP contribution is 2.41. The third-order valence-corrected chi connectivity index (χ3v) is 7.74. The number of piperidine rings is 1. The van der Waals surface area contributed by atoms with Gasteiger partial charge in [-0.1, -0.05) is 72.3 Å². The Hall–Kier alpha value is -1.82. The molecule has 1 unspecified atom stereocenters. The minimum absolute atomic E-state index is 0.129. The van der Waals surface area contributed by atoms with Crippen molar-refractivity contribution < 1.29 is 10.2 Å². The molecule has 0 aromatic heterocycles. The molecule has 0 aliphatic carbocycles. The Balaban J connectivity index is 1.36. The Bertz CT molecular complexity index is 920. The van der Waals surface area contributed by atoms with Crippen LogP contribution >= 0.6 is 23.4 Å². The van der Waals surface area contributed by atoms with Crippen LogP contribution in [0.2, 0.25) is 5.02 Å². The number of hydrogen-bond acceptors (Lipinski definition) is 4. The van der Waals surface area contributed by atoms with Crippen LogP contribution in [0.4, 0.5) is 0 Å². The molecule has 0 spiro atoms. The van der Waals surface area contributed by atoms with Crippen LogP contribution < -0.4 is 0 Å². The number of halogens is 1. The molecule has 1 aliphatic rings. The first-order valence-corrected chi connectivity index (χ1v) is 12.5. The van der Waals surface area contributed by atoms with E-state index in [2.05, 4.69) is 4.90 Å². The van der Waals surface area contributed by atoms with Crippen LogP contribution in [-0.4, -0.2) is 46.6 Å². The monoisotopic (exact) mass is 467 g/mol. The van der Waals surface area contributed by atoms with E-state index < -0.39 is 11.7 Å². The van der Waals surface area contributed by atoms with E-state index in [0.29, 0.717) is 12.3 Å². The van der Waals surface area contributed by atoms with Crippen LogP contribution in [0, 0.1) is 5.92 Å². The van der Waals surface area contributed by atoms with Crippen LogP contribution in [0.15, 0.2) is 89.8 Å². The average molecular weight is 468 g/mol. The van der Waals surface area contributed by atoms with Gasteiger partial charge < -0.3 is 15.1 Å². The predicted octanol–water partition coefficient (Wildman–Crippen LogP) is 5.44. The van der Waals surface area contributed by atoms with E-state index in [1.807, 2.05) is 84.9 Å². The number of aliphatic hydroxyl groups is 2. The lowest BCUT2D eigenvalue weighted by atomic mass is 9.72. The van der Waals surface area contributed by atoms with Crippen LogP contribution in [0.5, 0.6) is 0 Å². The molecule has 1 heterocycles. The lowest BCUT2D eigenvalue weighted by Gasteiger charge is -2.42. The second-order valence-electron chi connectivity index (χ2n) is 8.49. The van der Waals surface area contributed by atoms with E-state index in [-0.39, 0.29) is 5.92 Å². The van der Waals surface area contributed by atoms with Crippen LogP contribution in [0.3, 0.4) is 0 Å². The summed E-state index contributed by atoms with van der Waals surface area (Å²) in [4.78, 5) is 3.43. The summed E-state index contributed by atoms with van der Waals surface area (Å²) in [5, 5.41) is 23.3. The van der Waals surface area contributed by atoms with Crippen molar-refractivity contribution in [2.24, 2.45) is 5.92 Å². The molecule has 1 saturated heterocycles. The van der Waals surface area contributed by atoms with Crippen LogP contribution in [0.25, 0.3) is 0 Å². The van der Waals surface area contributed by atoms with Gasteiger partial charge in [0.25, 0.3) is 0 Å². The normalized spacial score (nSPS) is 16.7. The zero-order valence-electron chi connectivity index (χ0n) is 18.1. The molecule has 0 bridgehead atoms. The van der Waals surface area contributed by atoms with Crippen molar-refractivity contribution in [1.29, 1.82) is 0 Å². The molecule has 32 heavy (non-hydrogen) atoms. The summed E-state index contributed by atoms with van der Waals surface area (Å²) in [6.07, 6.45) is 1.38. The van der Waals surface area contributed by atoms with E-state index in [4.69, 9.17) is 11.6 Å². The molecule has 3 aromatic rings. The maximum atomic E-state index is 12.0. The zero-order valence-corrected chi connectivity index (χ0v) is 19.7. The fourth-order valence-corrected chi connectivity index (χ4v) is 5.57. The molecule has 0 amide bonds. The Morgan fingerprint density at radius 2 is 1.41 bits per heavy atom. The Labute approximate surface area is 200 Å². The molecule has 2 N–H and O–H groups in total. The molecule has 0 saturated carbocycles. The standard InChI is InChI=1S/C27H30ClNO2S/c28-24-11-13-26(14-12-24)32-20-25(30)19-29-17-15-23(16-18-29)27(31,21-7-3-1-4-8-21)22-9-5-2-6-10-22/h1-14,23,25,30-31H,15-20H2. The highest BCUT2D eigenvalue weighted by atomic mass is 35.5. The SMILES string of the molecule is OC(CSc1ccc(Cl)cc1)CN1CCC(C(O)(c2ccccc2)c2ccccc2)CC1. The quantitative estimate of drug-likeness (QED) is 0.433. The number of nitrogens with zero attached hydrogens (tertiary/aromatic N) is 1. The van der Waals surface area contributed by atoms with Gasteiger partial charge in [-0.3, -0.25) is 0 Å². The van der Waals surface area contributed by atoms with Crippen molar-refractivity contribution >= 4 is 23.4 Å². The molecule has 5 heteroatoms. The van der Waals surface area contributed by atoms with E-state index in [9.17, 15) is 10.2 Å². The highest BCUT2D eigenvalue weighted by Gasteiger charge is 2.41. The summed E-state index contributed by atoms with van der Waals surface area (Å²) >= 11 is 7.59. The van der Waals surface area contributed by atoms with Crippen molar-refractivity contribution in [2.45, 2.75) is 29.4 Å². The summed E-state index contributed by atoms with van der Waals surface area (Å²) in [5.74, 6) is 0.781. The predicted molar refractivity (Wildman–Crippen MR) is 133 cm³/mol. The molecular weight excluding hydrogens is 438 g/mol. The maximum absolute atomic E-state index is 12.0. The van der Waals surface area contributed by atoms with Gasteiger partial charge >= 0.3 is 0 Å². The molecule has 0 radical (unpaired) electrons. The first kappa shape index (κ1) is 23.3. The number of benzene rings is 3. The van der Waals surface area contributed by atoms with Gasteiger partial charge in [0.2, 0.25) is 0 Å². The van der Waals surface area contributed by atoms with Crippen molar-refractivity contribution in [3.8, 4) is 0 Å². The van der Waals surface area contributed by atoms with Crippen molar-refractivity contribution in [3.63, 3.8) is 0 Å². The molecule has 168 valence electrons. The van der Waals surface area contributed by atoms with E-state index in [0.717, 1.165) is 47.0 Å². The smallest absolute Gasteiger partial charge is 0.117 e. The largest absolute Gasteiger partial charge is 0.391 e. The topological polar surface area (TPSA) is 43.7 Å². The van der Waals surface area contributed by atoms with Crippen molar-refractivity contribution in [1.82, 2.24) is 4.90 Å². The van der Waals surface area contributed by atoms with E-state index in [1.54, 1.807) is 11.8 Å². The van der Waals surface area contributed by atoms with Gasteiger partial charge in [-0.05, 0) is 67.2 Å². The Morgan fingerprint density at radius 1 is 0.875 bits per heavy atom. The van der Waals surface area contributed by atoms with Crippen LogP contribution in [-0.2, 0) is 5.60 Å². The number of hydrogen-bond donors (Lipinski definition) is 2. The fraction of sp³-hybridized carbons (Fsp3) is 0.333. The fourth-order valence-electron chi connectivity index (χ4n) is 4.63. The highest BCUT2D eigenvalue weighted by molar-refractivity contribution is 7.99.